The molecule has 0 aromatic carbocycles. The van der Waals surface area contributed by atoms with E-state index in [0.717, 1.165) is 51.2 Å². The van der Waals surface area contributed by atoms with Gasteiger partial charge < -0.3 is 30.7 Å². The highest BCUT2D eigenvalue weighted by atomic mass is 16.7. The minimum atomic E-state index is -0.0172. The maximum absolute atomic E-state index is 5.58. The van der Waals surface area contributed by atoms with Crippen molar-refractivity contribution in [1.29, 1.82) is 0 Å². The second-order valence-corrected chi connectivity index (χ2v) is 7.96. The smallest absolute Gasteiger partial charge is 0.154 e. The summed E-state index contributed by atoms with van der Waals surface area (Å²) in [5.74, 6) is 2.05. The Labute approximate surface area is 146 Å². The van der Waals surface area contributed by atoms with Gasteiger partial charge in [0.05, 0.1) is 25.5 Å². The summed E-state index contributed by atoms with van der Waals surface area (Å²) < 4.78 is 11.2. The van der Waals surface area contributed by atoms with Crippen molar-refractivity contribution in [2.75, 3.05) is 39.4 Å². The van der Waals surface area contributed by atoms with Crippen LogP contribution in [0.5, 0.6) is 0 Å². The van der Waals surface area contributed by atoms with Gasteiger partial charge in [-0.05, 0) is 44.4 Å². The molecule has 3 fully saturated rings. The number of nitrogens with one attached hydrogen (secondary N) is 4. The SMILES string of the molecule is CC1CNC(CCC2NCC(CCC3COC(C)OC3)CN2)NC1. The van der Waals surface area contributed by atoms with Crippen LogP contribution >= 0.6 is 0 Å². The third-order valence-corrected chi connectivity index (χ3v) is 5.59. The zero-order valence-electron chi connectivity index (χ0n) is 15.4. The molecule has 3 aliphatic heterocycles. The highest BCUT2D eigenvalue weighted by Crippen LogP contribution is 2.19. The van der Waals surface area contributed by atoms with E-state index in [-0.39, 0.29) is 6.29 Å². The number of rotatable bonds is 6. The van der Waals surface area contributed by atoms with Crippen LogP contribution in [0.1, 0.15) is 39.5 Å². The van der Waals surface area contributed by atoms with Crippen LogP contribution in [0.4, 0.5) is 0 Å². The van der Waals surface area contributed by atoms with Crippen LogP contribution in [-0.2, 0) is 9.47 Å². The first-order chi connectivity index (χ1) is 11.7. The Bertz CT molecular complexity index is 313. The summed E-state index contributed by atoms with van der Waals surface area (Å²) in [6.07, 6.45) is 5.74. The lowest BCUT2D eigenvalue weighted by Crippen LogP contribution is -2.55. The Kier molecular flexibility index (Phi) is 7.31. The van der Waals surface area contributed by atoms with Gasteiger partial charge in [-0.25, -0.2) is 0 Å². The fraction of sp³-hybridized carbons (Fsp3) is 1.00. The summed E-state index contributed by atoms with van der Waals surface area (Å²) in [6, 6.07) is 0. The van der Waals surface area contributed by atoms with E-state index in [1.165, 1.54) is 25.7 Å². The van der Waals surface area contributed by atoms with Gasteiger partial charge >= 0.3 is 0 Å². The molecule has 0 aromatic heterocycles. The number of hydrogen-bond donors (Lipinski definition) is 4. The lowest BCUT2D eigenvalue weighted by molar-refractivity contribution is -0.191. The molecule has 3 rings (SSSR count). The molecule has 3 heterocycles. The number of hydrogen-bond acceptors (Lipinski definition) is 6. The quantitative estimate of drug-likeness (QED) is 0.575. The first-order valence-corrected chi connectivity index (χ1v) is 9.85. The van der Waals surface area contributed by atoms with Gasteiger partial charge in [-0.3, -0.25) is 0 Å². The zero-order chi connectivity index (χ0) is 16.8. The van der Waals surface area contributed by atoms with E-state index in [1.54, 1.807) is 0 Å². The van der Waals surface area contributed by atoms with Crippen LogP contribution in [0.3, 0.4) is 0 Å². The summed E-state index contributed by atoms with van der Waals surface area (Å²) in [5, 5.41) is 14.5. The topological polar surface area (TPSA) is 66.6 Å². The van der Waals surface area contributed by atoms with Crippen LogP contribution in [0, 0.1) is 17.8 Å². The number of ether oxygens (including phenoxy) is 2. The van der Waals surface area contributed by atoms with Crippen molar-refractivity contribution >= 4 is 0 Å². The van der Waals surface area contributed by atoms with Crippen molar-refractivity contribution in [2.24, 2.45) is 17.8 Å². The minimum Gasteiger partial charge on any atom is -0.353 e. The first-order valence-electron chi connectivity index (χ1n) is 9.85. The highest BCUT2D eigenvalue weighted by molar-refractivity contribution is 4.81. The van der Waals surface area contributed by atoms with Crippen molar-refractivity contribution in [1.82, 2.24) is 21.3 Å². The predicted molar refractivity (Wildman–Crippen MR) is 95.6 cm³/mol. The van der Waals surface area contributed by atoms with Gasteiger partial charge in [-0.2, -0.15) is 0 Å². The monoisotopic (exact) mass is 340 g/mol. The van der Waals surface area contributed by atoms with Crippen molar-refractivity contribution in [2.45, 2.75) is 58.2 Å². The van der Waals surface area contributed by atoms with E-state index in [4.69, 9.17) is 9.47 Å². The Morgan fingerprint density at radius 2 is 1.17 bits per heavy atom. The van der Waals surface area contributed by atoms with Gasteiger partial charge in [0.25, 0.3) is 0 Å². The normalized spacial score (nSPS) is 41.2. The standard InChI is InChI=1S/C18H36N4O2/c1-13-7-19-17(20-8-13)5-6-18-21-9-15(10-22-18)3-4-16-11-23-14(2)24-12-16/h13-22H,3-12H2,1-2H3. The predicted octanol–water partition coefficient (Wildman–Crippen LogP) is 0.846. The van der Waals surface area contributed by atoms with Crippen molar-refractivity contribution in [3.63, 3.8) is 0 Å². The largest absolute Gasteiger partial charge is 0.353 e. The summed E-state index contributed by atoms with van der Waals surface area (Å²) in [7, 11) is 0. The molecule has 6 nitrogen and oxygen atoms in total. The molecule has 0 aromatic rings. The maximum Gasteiger partial charge on any atom is 0.154 e. The molecule has 0 unspecified atom stereocenters. The van der Waals surface area contributed by atoms with E-state index in [0.29, 0.717) is 18.2 Å². The molecular formula is C18H36N4O2. The lowest BCUT2D eigenvalue weighted by atomic mass is 9.94. The summed E-state index contributed by atoms with van der Waals surface area (Å²) in [4.78, 5) is 0. The van der Waals surface area contributed by atoms with Crippen molar-refractivity contribution in [3.05, 3.63) is 0 Å². The second kappa shape index (κ2) is 9.46. The lowest BCUT2D eigenvalue weighted by Gasteiger charge is -2.35. The molecule has 0 radical (unpaired) electrons. The fourth-order valence-corrected chi connectivity index (χ4v) is 3.82. The molecule has 140 valence electrons. The zero-order valence-corrected chi connectivity index (χ0v) is 15.4. The first kappa shape index (κ1) is 18.5. The Balaban J connectivity index is 1.24. The van der Waals surface area contributed by atoms with E-state index >= 15 is 0 Å². The summed E-state index contributed by atoms with van der Waals surface area (Å²) in [6.45, 7) is 10.5. The third kappa shape index (κ3) is 5.93. The van der Waals surface area contributed by atoms with Gasteiger partial charge in [0.1, 0.15) is 0 Å². The molecule has 0 bridgehead atoms. The van der Waals surface area contributed by atoms with Gasteiger partial charge in [0.15, 0.2) is 6.29 Å². The molecule has 6 heteroatoms. The Morgan fingerprint density at radius 3 is 1.75 bits per heavy atom. The van der Waals surface area contributed by atoms with Crippen LogP contribution in [-0.4, -0.2) is 58.0 Å². The average molecular weight is 341 g/mol. The molecular weight excluding hydrogens is 304 g/mol. The van der Waals surface area contributed by atoms with Gasteiger partial charge in [-0.1, -0.05) is 6.92 Å². The van der Waals surface area contributed by atoms with E-state index in [2.05, 4.69) is 28.2 Å². The Morgan fingerprint density at radius 1 is 0.667 bits per heavy atom. The molecule has 0 spiro atoms. The summed E-state index contributed by atoms with van der Waals surface area (Å²) >= 11 is 0. The molecule has 0 saturated carbocycles. The average Bonchev–Trinajstić information content (AvgIpc) is 2.62. The molecule has 0 atom stereocenters. The second-order valence-electron chi connectivity index (χ2n) is 7.96. The van der Waals surface area contributed by atoms with Crippen LogP contribution in [0.15, 0.2) is 0 Å². The molecule has 0 amide bonds. The van der Waals surface area contributed by atoms with E-state index in [1.807, 2.05) is 6.92 Å². The molecule has 3 aliphatic rings. The van der Waals surface area contributed by atoms with Gasteiger partial charge in [0.2, 0.25) is 0 Å². The van der Waals surface area contributed by atoms with Crippen LogP contribution in [0.25, 0.3) is 0 Å². The van der Waals surface area contributed by atoms with Gasteiger partial charge in [-0.15, -0.1) is 0 Å². The van der Waals surface area contributed by atoms with E-state index < -0.39 is 0 Å². The van der Waals surface area contributed by atoms with Gasteiger partial charge in [0, 0.05) is 32.1 Å². The van der Waals surface area contributed by atoms with Crippen LogP contribution < -0.4 is 21.3 Å². The minimum absolute atomic E-state index is 0.0172. The third-order valence-electron chi connectivity index (χ3n) is 5.59. The molecule has 4 N–H and O–H groups in total. The van der Waals surface area contributed by atoms with Crippen molar-refractivity contribution in [3.8, 4) is 0 Å². The van der Waals surface area contributed by atoms with Crippen LogP contribution in [0.2, 0.25) is 0 Å². The van der Waals surface area contributed by atoms with E-state index in [9.17, 15) is 0 Å². The highest BCUT2D eigenvalue weighted by Gasteiger charge is 2.24. The Hall–Kier alpha value is -0.240. The molecule has 3 saturated heterocycles. The molecule has 24 heavy (non-hydrogen) atoms. The maximum atomic E-state index is 5.58. The summed E-state index contributed by atoms with van der Waals surface area (Å²) in [5.41, 5.74) is 0. The molecule has 0 aliphatic carbocycles. The van der Waals surface area contributed by atoms with Crippen molar-refractivity contribution < 1.29 is 9.47 Å². The fourth-order valence-electron chi connectivity index (χ4n) is 3.82.